The predicted octanol–water partition coefficient (Wildman–Crippen LogP) is 10.1. The quantitative estimate of drug-likeness (QED) is 0.225. The van der Waals surface area contributed by atoms with E-state index in [4.69, 9.17) is 0 Å². The van der Waals surface area contributed by atoms with Crippen LogP contribution in [-0.2, 0) is 10.8 Å². The highest BCUT2D eigenvalue weighted by molar-refractivity contribution is 9.10. The maximum atomic E-state index is 3.59. The van der Waals surface area contributed by atoms with Gasteiger partial charge in [0.15, 0.2) is 0 Å². The first-order chi connectivity index (χ1) is 16.6. The van der Waals surface area contributed by atoms with Crippen LogP contribution in [0.5, 0.6) is 0 Å². The normalized spacial score (nSPS) is 24.3. The first-order valence-electron chi connectivity index (χ1n) is 12.4. The van der Waals surface area contributed by atoms with Gasteiger partial charge in [0.25, 0.3) is 0 Å². The number of hydrogen-bond donors (Lipinski definition) is 0. The van der Waals surface area contributed by atoms with Crippen LogP contribution in [0.15, 0.2) is 93.9 Å². The lowest BCUT2D eigenvalue weighted by molar-refractivity contribution is 0.299. The number of hydrogen-bond acceptors (Lipinski definition) is 0. The summed E-state index contributed by atoms with van der Waals surface area (Å²) in [5.74, 6) is 0. The maximum Gasteiger partial charge on any atom is 0.0175 e. The third-order valence-corrected chi connectivity index (χ3v) is 10.1. The highest BCUT2D eigenvalue weighted by atomic mass is 79.9. The van der Waals surface area contributed by atoms with Gasteiger partial charge in [0, 0.05) is 19.8 Å². The molecule has 3 aliphatic rings. The van der Waals surface area contributed by atoms with E-state index in [1.54, 1.807) is 11.1 Å². The molecule has 0 nitrogen and oxygen atoms in total. The second-order valence-corrected chi connectivity index (χ2v) is 12.2. The molecule has 4 aromatic rings. The Morgan fingerprint density at radius 2 is 0.794 bits per heavy atom. The van der Waals surface area contributed by atoms with E-state index in [2.05, 4.69) is 117 Å². The molecule has 0 N–H and O–H groups in total. The van der Waals surface area contributed by atoms with Gasteiger partial charge in [-0.1, -0.05) is 93.2 Å². The molecule has 0 bridgehead atoms. The van der Waals surface area contributed by atoms with Crippen molar-refractivity contribution < 1.29 is 0 Å². The molecular formula is C32H26Br2. The zero-order chi connectivity index (χ0) is 22.9. The number of rotatable bonds is 2. The molecule has 0 amide bonds. The van der Waals surface area contributed by atoms with Crippen molar-refractivity contribution in [2.24, 2.45) is 0 Å². The lowest BCUT2D eigenvalue weighted by atomic mass is 9.55. The number of halogens is 2. The van der Waals surface area contributed by atoms with Crippen LogP contribution in [0.1, 0.15) is 49.7 Å². The molecule has 168 valence electrons. The molecule has 0 unspecified atom stereocenters. The van der Waals surface area contributed by atoms with E-state index in [9.17, 15) is 0 Å². The molecule has 0 saturated heterocycles. The fourth-order valence-electron chi connectivity index (χ4n) is 7.64. The largest absolute Gasteiger partial charge is 0.0537 e. The van der Waals surface area contributed by atoms with Gasteiger partial charge in [-0.05, 0) is 107 Å². The van der Waals surface area contributed by atoms with Crippen molar-refractivity contribution in [1.82, 2.24) is 0 Å². The Hall–Kier alpha value is -2.16. The molecule has 2 saturated carbocycles. The van der Waals surface area contributed by atoms with Gasteiger partial charge in [-0.3, -0.25) is 0 Å². The molecule has 3 aliphatic carbocycles. The highest BCUT2D eigenvalue weighted by Gasteiger charge is 2.62. The molecule has 7 rings (SSSR count). The van der Waals surface area contributed by atoms with Crippen molar-refractivity contribution in [3.8, 4) is 33.4 Å². The summed E-state index contributed by atoms with van der Waals surface area (Å²) in [5, 5.41) is 0. The SMILES string of the molecule is Brc1ccc(-c2ccc3c(c2)C24CCCC2(CCC4)c2cc(-c4ccc(Br)cc4)ccc2-3)cc1. The predicted molar refractivity (Wildman–Crippen MR) is 149 cm³/mol. The second kappa shape index (κ2) is 7.67. The van der Waals surface area contributed by atoms with Crippen molar-refractivity contribution in [3.63, 3.8) is 0 Å². The lowest BCUT2D eigenvalue weighted by Crippen LogP contribution is -2.43. The Bertz CT molecular complexity index is 1290. The molecule has 0 atom stereocenters. The summed E-state index contributed by atoms with van der Waals surface area (Å²) in [5.41, 5.74) is 12.1. The summed E-state index contributed by atoms with van der Waals surface area (Å²) in [6, 6.07) is 32.2. The fourth-order valence-corrected chi connectivity index (χ4v) is 8.17. The molecule has 34 heavy (non-hydrogen) atoms. The van der Waals surface area contributed by atoms with Gasteiger partial charge < -0.3 is 0 Å². The van der Waals surface area contributed by atoms with Crippen LogP contribution in [0, 0.1) is 0 Å². The number of benzene rings is 4. The molecule has 0 radical (unpaired) electrons. The van der Waals surface area contributed by atoms with Gasteiger partial charge in [-0.2, -0.15) is 0 Å². The number of fused-ring (bicyclic) bond motifs is 3. The average molecular weight is 570 g/mol. The summed E-state index contributed by atoms with van der Waals surface area (Å²) < 4.78 is 2.27. The smallest absolute Gasteiger partial charge is 0.0175 e. The van der Waals surface area contributed by atoms with Gasteiger partial charge in [-0.15, -0.1) is 0 Å². The van der Waals surface area contributed by atoms with Crippen LogP contribution in [-0.4, -0.2) is 0 Å². The maximum absolute atomic E-state index is 3.59. The molecular weight excluding hydrogens is 544 g/mol. The summed E-state index contributed by atoms with van der Waals surface area (Å²) in [6.45, 7) is 0. The topological polar surface area (TPSA) is 0 Å². The van der Waals surface area contributed by atoms with Gasteiger partial charge in [0.2, 0.25) is 0 Å². The molecule has 2 heteroatoms. The summed E-state index contributed by atoms with van der Waals surface area (Å²) >= 11 is 7.18. The Morgan fingerprint density at radius 3 is 1.18 bits per heavy atom. The molecule has 4 aromatic carbocycles. The van der Waals surface area contributed by atoms with Gasteiger partial charge in [-0.25, -0.2) is 0 Å². The molecule has 0 aliphatic heterocycles. The zero-order valence-electron chi connectivity index (χ0n) is 19.1. The monoisotopic (exact) mass is 568 g/mol. The third kappa shape index (κ3) is 2.88. The van der Waals surface area contributed by atoms with E-state index < -0.39 is 0 Å². The summed E-state index contributed by atoms with van der Waals surface area (Å²) in [7, 11) is 0. The van der Waals surface area contributed by atoms with E-state index in [0.717, 1.165) is 8.95 Å². The summed E-state index contributed by atoms with van der Waals surface area (Å²) in [4.78, 5) is 0. The minimum atomic E-state index is 0.291. The van der Waals surface area contributed by atoms with Crippen molar-refractivity contribution >= 4 is 31.9 Å². The summed E-state index contributed by atoms with van der Waals surface area (Å²) in [6.07, 6.45) is 7.97. The van der Waals surface area contributed by atoms with Crippen molar-refractivity contribution in [1.29, 1.82) is 0 Å². The Labute approximate surface area is 218 Å². The van der Waals surface area contributed by atoms with Crippen LogP contribution in [0.4, 0.5) is 0 Å². The molecule has 0 spiro atoms. The zero-order valence-corrected chi connectivity index (χ0v) is 22.3. The van der Waals surface area contributed by atoms with Gasteiger partial charge in [0.05, 0.1) is 0 Å². The van der Waals surface area contributed by atoms with Crippen molar-refractivity contribution in [2.75, 3.05) is 0 Å². The lowest BCUT2D eigenvalue weighted by Gasteiger charge is -2.48. The van der Waals surface area contributed by atoms with E-state index in [0.29, 0.717) is 10.8 Å². The van der Waals surface area contributed by atoms with Gasteiger partial charge in [0.1, 0.15) is 0 Å². The minimum Gasteiger partial charge on any atom is -0.0537 e. The van der Waals surface area contributed by atoms with E-state index in [1.807, 2.05) is 0 Å². The van der Waals surface area contributed by atoms with Gasteiger partial charge >= 0.3 is 0 Å². The highest BCUT2D eigenvalue weighted by Crippen LogP contribution is 2.69. The Morgan fingerprint density at radius 1 is 0.441 bits per heavy atom. The van der Waals surface area contributed by atoms with E-state index >= 15 is 0 Å². The van der Waals surface area contributed by atoms with Crippen LogP contribution < -0.4 is 0 Å². The van der Waals surface area contributed by atoms with Crippen LogP contribution >= 0.6 is 31.9 Å². The first kappa shape index (κ1) is 21.1. The van der Waals surface area contributed by atoms with Crippen molar-refractivity contribution in [2.45, 2.75) is 49.4 Å². The average Bonchev–Trinajstić information content (AvgIpc) is 3.43. The van der Waals surface area contributed by atoms with Crippen LogP contribution in [0.2, 0.25) is 0 Å². The minimum absolute atomic E-state index is 0.291. The molecule has 0 aromatic heterocycles. The van der Waals surface area contributed by atoms with Crippen molar-refractivity contribution in [3.05, 3.63) is 105 Å². The van der Waals surface area contributed by atoms with E-state index in [1.165, 1.54) is 71.9 Å². The van der Waals surface area contributed by atoms with E-state index in [-0.39, 0.29) is 0 Å². The Balaban J connectivity index is 1.45. The third-order valence-electron chi connectivity index (χ3n) is 9.05. The molecule has 0 heterocycles. The Kier molecular flexibility index (Phi) is 4.77. The second-order valence-electron chi connectivity index (χ2n) is 10.4. The fraction of sp³-hybridized carbons (Fsp3) is 0.250. The molecule has 2 fully saturated rings. The van der Waals surface area contributed by atoms with Crippen LogP contribution in [0.25, 0.3) is 33.4 Å². The first-order valence-corrected chi connectivity index (χ1v) is 14.0. The van der Waals surface area contributed by atoms with Crippen LogP contribution in [0.3, 0.4) is 0 Å². The standard InChI is InChI=1S/C32H26Br2/c33-25-9-3-21(4-10-25)23-7-13-27-28-14-8-24(22-5-11-26(34)12-6-22)20-30(28)32-16-1-15-31(32,17-2-18-32)29(27)19-23/h3-14,19-20H,1-2,15-18H2.